The summed E-state index contributed by atoms with van der Waals surface area (Å²) in [4.78, 5) is 3.65. The van der Waals surface area contributed by atoms with Crippen LogP contribution in [-0.4, -0.2) is 30.8 Å². The highest BCUT2D eigenvalue weighted by molar-refractivity contribution is 5.95. The predicted octanol–water partition coefficient (Wildman–Crippen LogP) is 5.35. The van der Waals surface area contributed by atoms with Crippen molar-refractivity contribution in [3.63, 3.8) is 0 Å². The van der Waals surface area contributed by atoms with Gasteiger partial charge in [-0.05, 0) is 60.9 Å². The van der Waals surface area contributed by atoms with Gasteiger partial charge in [0.1, 0.15) is 0 Å². The third-order valence-electron chi connectivity index (χ3n) is 5.77. The summed E-state index contributed by atoms with van der Waals surface area (Å²) in [5.74, 6) is 0.792. The molecule has 1 saturated heterocycles. The first-order valence-corrected chi connectivity index (χ1v) is 10.5. The predicted molar refractivity (Wildman–Crippen MR) is 114 cm³/mol. The van der Waals surface area contributed by atoms with Gasteiger partial charge in [-0.1, -0.05) is 30.3 Å². The molecule has 1 saturated carbocycles. The lowest BCUT2D eigenvalue weighted by Crippen LogP contribution is -2.28. The fourth-order valence-electron chi connectivity index (χ4n) is 3.97. The number of fused-ring (bicyclic) bond motifs is 1. The molecule has 1 aliphatic heterocycles. The molecular weight excluding hydrogens is 348 g/mol. The molecule has 2 aliphatic rings. The summed E-state index contributed by atoms with van der Waals surface area (Å²) >= 11 is 0. The van der Waals surface area contributed by atoms with Crippen LogP contribution >= 0.6 is 0 Å². The zero-order valence-corrected chi connectivity index (χ0v) is 16.2. The molecule has 2 fully saturated rings. The van der Waals surface area contributed by atoms with E-state index in [0.29, 0.717) is 12.6 Å². The Bertz CT molecular complexity index is 924. The van der Waals surface area contributed by atoms with Gasteiger partial charge in [0.05, 0.1) is 17.8 Å². The molecule has 5 rings (SSSR count). The Kier molecular flexibility index (Phi) is 5.06. The van der Waals surface area contributed by atoms with E-state index in [9.17, 15) is 0 Å². The Labute approximate surface area is 166 Å². The molecule has 1 aromatic heterocycles. The molecule has 0 atom stereocenters. The summed E-state index contributed by atoms with van der Waals surface area (Å²) in [6.07, 6.45) is 4.76. The number of aromatic nitrogens is 1. The van der Waals surface area contributed by atoms with Gasteiger partial charge in [0.25, 0.3) is 0 Å². The third-order valence-corrected chi connectivity index (χ3v) is 5.77. The van der Waals surface area contributed by atoms with Crippen molar-refractivity contribution >= 4 is 16.6 Å². The summed E-state index contributed by atoms with van der Waals surface area (Å²) in [5.41, 5.74) is 5.96. The van der Waals surface area contributed by atoms with Gasteiger partial charge in [-0.2, -0.15) is 0 Å². The summed E-state index contributed by atoms with van der Waals surface area (Å²) < 4.78 is 11.5. The van der Waals surface area contributed by atoms with Crippen molar-refractivity contribution in [1.29, 1.82) is 0 Å². The van der Waals surface area contributed by atoms with Crippen molar-refractivity contribution < 1.29 is 9.47 Å². The summed E-state index contributed by atoms with van der Waals surface area (Å²) in [6, 6.07) is 17.8. The van der Waals surface area contributed by atoms with Gasteiger partial charge in [0.15, 0.2) is 0 Å². The van der Waals surface area contributed by atoms with E-state index in [1.807, 2.05) is 0 Å². The van der Waals surface area contributed by atoms with E-state index in [2.05, 4.69) is 58.8 Å². The second-order valence-corrected chi connectivity index (χ2v) is 8.15. The lowest BCUT2D eigenvalue weighted by Gasteiger charge is -2.24. The van der Waals surface area contributed by atoms with E-state index >= 15 is 0 Å². The first-order chi connectivity index (χ1) is 13.8. The lowest BCUT2D eigenvalue weighted by molar-refractivity contribution is 0.0904. The number of H-pyrrole nitrogens is 1. The number of hydrogen-bond donors (Lipinski definition) is 2. The van der Waals surface area contributed by atoms with Crippen LogP contribution in [0.3, 0.4) is 0 Å². The van der Waals surface area contributed by atoms with Crippen LogP contribution in [-0.2, 0) is 16.1 Å². The number of ether oxygens (including phenoxy) is 2. The minimum atomic E-state index is 0.461. The zero-order valence-electron chi connectivity index (χ0n) is 16.2. The number of benzene rings is 2. The topological polar surface area (TPSA) is 46.3 Å². The summed E-state index contributed by atoms with van der Waals surface area (Å²) in [5, 5.41) is 5.01. The van der Waals surface area contributed by atoms with Crippen molar-refractivity contribution in [3.8, 4) is 11.3 Å². The number of aromatic amines is 1. The van der Waals surface area contributed by atoms with Crippen molar-refractivity contribution in [1.82, 2.24) is 4.98 Å². The van der Waals surface area contributed by atoms with Crippen LogP contribution in [0.5, 0.6) is 0 Å². The van der Waals surface area contributed by atoms with E-state index in [0.717, 1.165) is 44.3 Å². The lowest BCUT2D eigenvalue weighted by atomic mass is 10.1. The van der Waals surface area contributed by atoms with Gasteiger partial charge in [-0.3, -0.25) is 0 Å². The highest BCUT2D eigenvalue weighted by Crippen LogP contribution is 2.33. The molecule has 2 N–H and O–H groups in total. The van der Waals surface area contributed by atoms with Gasteiger partial charge >= 0.3 is 0 Å². The molecule has 4 nitrogen and oxygen atoms in total. The molecule has 0 amide bonds. The molecule has 3 aromatic rings. The fraction of sp³-hybridized carbons (Fsp3) is 0.417. The smallest absolute Gasteiger partial charge is 0.0717 e. The van der Waals surface area contributed by atoms with E-state index < -0.39 is 0 Å². The van der Waals surface area contributed by atoms with Crippen LogP contribution < -0.4 is 5.32 Å². The van der Waals surface area contributed by atoms with Crippen molar-refractivity contribution in [3.05, 3.63) is 54.1 Å². The largest absolute Gasteiger partial charge is 0.381 e. The maximum atomic E-state index is 5.97. The minimum Gasteiger partial charge on any atom is -0.381 e. The van der Waals surface area contributed by atoms with Crippen LogP contribution in [0, 0.1) is 5.92 Å². The van der Waals surface area contributed by atoms with Crippen LogP contribution in [0.25, 0.3) is 22.2 Å². The fourth-order valence-corrected chi connectivity index (χ4v) is 3.97. The molecule has 2 aromatic carbocycles. The van der Waals surface area contributed by atoms with Gasteiger partial charge in [-0.25, -0.2) is 0 Å². The van der Waals surface area contributed by atoms with Gasteiger partial charge in [-0.15, -0.1) is 0 Å². The third kappa shape index (κ3) is 4.08. The van der Waals surface area contributed by atoms with Crippen molar-refractivity contribution in [2.24, 2.45) is 5.92 Å². The van der Waals surface area contributed by atoms with Gasteiger partial charge < -0.3 is 19.8 Å². The maximum absolute atomic E-state index is 5.97. The number of nitrogens with one attached hydrogen (secondary N) is 2. The molecule has 0 bridgehead atoms. The Hall–Kier alpha value is -2.30. The monoisotopic (exact) mass is 376 g/mol. The number of anilines is 1. The summed E-state index contributed by atoms with van der Waals surface area (Å²) in [7, 11) is 0. The Morgan fingerprint density at radius 2 is 1.82 bits per heavy atom. The van der Waals surface area contributed by atoms with Crippen molar-refractivity contribution in [2.45, 2.75) is 38.3 Å². The van der Waals surface area contributed by atoms with Gasteiger partial charge in [0.2, 0.25) is 0 Å². The first kappa shape index (κ1) is 17.8. The summed E-state index contributed by atoms with van der Waals surface area (Å²) in [6.45, 7) is 3.25. The highest BCUT2D eigenvalue weighted by Gasteiger charge is 2.21. The quantitative estimate of drug-likeness (QED) is 0.584. The number of rotatable bonds is 7. The first-order valence-electron chi connectivity index (χ1n) is 10.5. The van der Waals surface area contributed by atoms with Gasteiger partial charge in [0, 0.05) is 36.9 Å². The molecule has 0 spiro atoms. The van der Waals surface area contributed by atoms with Crippen LogP contribution in [0.2, 0.25) is 0 Å². The molecule has 146 valence electrons. The normalized spacial score (nSPS) is 17.9. The van der Waals surface area contributed by atoms with Crippen LogP contribution in [0.4, 0.5) is 5.69 Å². The average Bonchev–Trinajstić information content (AvgIpc) is 3.45. The standard InChI is InChI=1S/C24H28N2O2/c1-2-4-19(5-3-1)22-14-20-12-18(16-28-15-17-6-7-17)13-23(24(20)26-22)25-21-8-10-27-11-9-21/h1-5,12-14,17,21,25-26H,6-11,15-16H2. The molecule has 4 heteroatoms. The minimum absolute atomic E-state index is 0.461. The number of hydrogen-bond acceptors (Lipinski definition) is 3. The Morgan fingerprint density at radius 1 is 1.00 bits per heavy atom. The highest BCUT2D eigenvalue weighted by atomic mass is 16.5. The second kappa shape index (κ2) is 7.98. The molecular formula is C24H28N2O2. The molecule has 28 heavy (non-hydrogen) atoms. The van der Waals surface area contributed by atoms with Crippen molar-refractivity contribution in [2.75, 3.05) is 25.1 Å². The Balaban J connectivity index is 1.46. The SMILES string of the molecule is c1ccc(-c2cc3cc(COCC4CC4)cc(NC4CCOCC4)c3[nH]2)cc1. The average molecular weight is 377 g/mol. The Morgan fingerprint density at radius 3 is 2.61 bits per heavy atom. The molecule has 0 unspecified atom stereocenters. The van der Waals surface area contributed by atoms with Crippen LogP contribution in [0.15, 0.2) is 48.5 Å². The zero-order chi connectivity index (χ0) is 18.8. The molecule has 2 heterocycles. The van der Waals surface area contributed by atoms with E-state index in [1.54, 1.807) is 0 Å². The van der Waals surface area contributed by atoms with Crippen LogP contribution in [0.1, 0.15) is 31.2 Å². The van der Waals surface area contributed by atoms with E-state index in [-0.39, 0.29) is 0 Å². The molecule has 0 radical (unpaired) electrons. The van der Waals surface area contributed by atoms with E-state index in [1.165, 1.54) is 40.6 Å². The maximum Gasteiger partial charge on any atom is 0.0717 e. The van der Waals surface area contributed by atoms with E-state index in [4.69, 9.17) is 9.47 Å². The second-order valence-electron chi connectivity index (χ2n) is 8.15. The molecule has 1 aliphatic carbocycles.